The Morgan fingerprint density at radius 2 is 2.05 bits per heavy atom. The van der Waals surface area contributed by atoms with Gasteiger partial charge in [0.25, 0.3) is 0 Å². The highest BCUT2D eigenvalue weighted by molar-refractivity contribution is 5.17. The molecule has 0 aromatic heterocycles. The molecule has 1 aromatic carbocycles. The van der Waals surface area contributed by atoms with Crippen LogP contribution < -0.4 is 5.32 Å². The van der Waals surface area contributed by atoms with E-state index in [-0.39, 0.29) is 5.82 Å². The van der Waals surface area contributed by atoms with E-state index in [1.165, 1.54) is 38.8 Å². The zero-order valence-electron chi connectivity index (χ0n) is 11.4. The number of benzene rings is 1. The number of nitrogens with one attached hydrogen (secondary N) is 1. The standard InChI is InChI=1S/C16H23FN2/c17-14-6-2-1-5-13(14)8-10-18-15-9-12-19-11-4-3-7-16(15)19/h1-2,5-6,15-16,18H,3-4,7-12H2. The molecule has 1 aromatic rings. The van der Waals surface area contributed by atoms with E-state index in [2.05, 4.69) is 10.2 Å². The SMILES string of the molecule is Fc1ccccc1CCNC1CCN2CCCCC12. The summed E-state index contributed by atoms with van der Waals surface area (Å²) in [5.41, 5.74) is 0.827. The van der Waals surface area contributed by atoms with E-state index in [1.54, 1.807) is 12.1 Å². The van der Waals surface area contributed by atoms with Crippen LogP contribution in [0, 0.1) is 5.82 Å². The van der Waals surface area contributed by atoms with Crippen LogP contribution >= 0.6 is 0 Å². The van der Waals surface area contributed by atoms with E-state index in [0.29, 0.717) is 6.04 Å². The quantitative estimate of drug-likeness (QED) is 0.897. The van der Waals surface area contributed by atoms with Gasteiger partial charge in [-0.1, -0.05) is 24.6 Å². The van der Waals surface area contributed by atoms with E-state index < -0.39 is 0 Å². The summed E-state index contributed by atoms with van der Waals surface area (Å²) in [4.78, 5) is 2.63. The summed E-state index contributed by atoms with van der Waals surface area (Å²) in [7, 11) is 0. The van der Waals surface area contributed by atoms with E-state index in [9.17, 15) is 4.39 Å². The first-order chi connectivity index (χ1) is 9.34. The second kappa shape index (κ2) is 6.02. The van der Waals surface area contributed by atoms with E-state index in [0.717, 1.165) is 24.6 Å². The third-order valence-corrected chi connectivity index (χ3v) is 4.61. The molecule has 2 saturated heterocycles. The molecule has 2 heterocycles. The Morgan fingerprint density at radius 3 is 2.95 bits per heavy atom. The predicted octanol–water partition coefficient (Wildman–Crippen LogP) is 2.58. The molecule has 2 unspecified atom stereocenters. The van der Waals surface area contributed by atoms with Crippen LogP contribution in [0.2, 0.25) is 0 Å². The molecule has 19 heavy (non-hydrogen) atoms. The molecular weight excluding hydrogens is 239 g/mol. The van der Waals surface area contributed by atoms with Crippen LogP contribution in [-0.4, -0.2) is 36.6 Å². The van der Waals surface area contributed by atoms with Crippen LogP contribution in [0.5, 0.6) is 0 Å². The average molecular weight is 262 g/mol. The molecule has 0 amide bonds. The maximum atomic E-state index is 13.5. The zero-order chi connectivity index (χ0) is 13.1. The molecule has 2 atom stereocenters. The van der Waals surface area contributed by atoms with Gasteiger partial charge in [-0.25, -0.2) is 4.39 Å². The lowest BCUT2D eigenvalue weighted by Gasteiger charge is -2.32. The van der Waals surface area contributed by atoms with Gasteiger partial charge in [0.15, 0.2) is 0 Å². The summed E-state index contributed by atoms with van der Waals surface area (Å²) >= 11 is 0. The van der Waals surface area contributed by atoms with Crippen molar-refractivity contribution in [3.8, 4) is 0 Å². The predicted molar refractivity (Wildman–Crippen MR) is 75.7 cm³/mol. The minimum Gasteiger partial charge on any atom is -0.312 e. The Labute approximate surface area is 115 Å². The molecule has 104 valence electrons. The summed E-state index contributed by atoms with van der Waals surface area (Å²) in [6.07, 6.45) is 6.10. The first-order valence-corrected chi connectivity index (χ1v) is 7.55. The molecule has 2 aliphatic heterocycles. The Morgan fingerprint density at radius 1 is 1.16 bits per heavy atom. The van der Waals surface area contributed by atoms with Crippen molar-refractivity contribution in [2.24, 2.45) is 0 Å². The van der Waals surface area contributed by atoms with Crippen LogP contribution in [0.3, 0.4) is 0 Å². The number of fused-ring (bicyclic) bond motifs is 1. The first kappa shape index (κ1) is 13.1. The average Bonchev–Trinajstić information content (AvgIpc) is 2.85. The van der Waals surface area contributed by atoms with Gasteiger partial charge in [0.1, 0.15) is 5.82 Å². The first-order valence-electron chi connectivity index (χ1n) is 7.55. The molecule has 0 aliphatic carbocycles. The summed E-state index contributed by atoms with van der Waals surface area (Å²) < 4.78 is 13.5. The molecule has 2 nitrogen and oxygen atoms in total. The van der Waals surface area contributed by atoms with Crippen molar-refractivity contribution in [2.75, 3.05) is 19.6 Å². The number of hydrogen-bond donors (Lipinski definition) is 1. The Balaban J connectivity index is 1.49. The third kappa shape index (κ3) is 2.98. The fourth-order valence-corrected chi connectivity index (χ4v) is 3.58. The minimum atomic E-state index is -0.0741. The summed E-state index contributed by atoms with van der Waals surface area (Å²) in [5.74, 6) is -0.0741. The normalized spacial score (nSPS) is 27.4. The molecule has 0 radical (unpaired) electrons. The molecule has 3 rings (SSSR count). The van der Waals surface area contributed by atoms with Gasteiger partial charge < -0.3 is 5.32 Å². The van der Waals surface area contributed by atoms with Gasteiger partial charge >= 0.3 is 0 Å². The molecule has 2 fully saturated rings. The van der Waals surface area contributed by atoms with Gasteiger partial charge in [-0.05, 0) is 50.4 Å². The van der Waals surface area contributed by atoms with Crippen LogP contribution in [-0.2, 0) is 6.42 Å². The minimum absolute atomic E-state index is 0.0741. The zero-order valence-corrected chi connectivity index (χ0v) is 11.4. The van der Waals surface area contributed by atoms with Gasteiger partial charge in [-0.3, -0.25) is 4.90 Å². The fourth-order valence-electron chi connectivity index (χ4n) is 3.58. The van der Waals surface area contributed by atoms with E-state index in [1.807, 2.05) is 12.1 Å². The Kier molecular flexibility index (Phi) is 4.14. The molecule has 0 saturated carbocycles. The van der Waals surface area contributed by atoms with Gasteiger partial charge in [0.05, 0.1) is 0 Å². The fraction of sp³-hybridized carbons (Fsp3) is 0.625. The maximum absolute atomic E-state index is 13.5. The number of nitrogens with zero attached hydrogens (tertiary/aromatic N) is 1. The van der Waals surface area contributed by atoms with Crippen LogP contribution in [0.1, 0.15) is 31.2 Å². The van der Waals surface area contributed by atoms with Gasteiger partial charge in [0, 0.05) is 18.6 Å². The third-order valence-electron chi connectivity index (χ3n) is 4.61. The summed E-state index contributed by atoms with van der Waals surface area (Å²) in [6, 6.07) is 8.45. The monoisotopic (exact) mass is 262 g/mol. The van der Waals surface area contributed by atoms with Crippen molar-refractivity contribution in [1.82, 2.24) is 10.2 Å². The topological polar surface area (TPSA) is 15.3 Å². The number of rotatable bonds is 4. The molecule has 0 bridgehead atoms. The second-order valence-corrected chi connectivity index (χ2v) is 5.79. The van der Waals surface area contributed by atoms with Crippen molar-refractivity contribution in [1.29, 1.82) is 0 Å². The second-order valence-electron chi connectivity index (χ2n) is 5.79. The molecule has 0 spiro atoms. The van der Waals surface area contributed by atoms with Crippen LogP contribution in [0.25, 0.3) is 0 Å². The Hall–Kier alpha value is -0.930. The van der Waals surface area contributed by atoms with Crippen molar-refractivity contribution in [3.05, 3.63) is 35.6 Å². The molecule has 2 aliphatic rings. The van der Waals surface area contributed by atoms with Crippen LogP contribution in [0.4, 0.5) is 4.39 Å². The highest BCUT2D eigenvalue weighted by Gasteiger charge is 2.34. The smallest absolute Gasteiger partial charge is 0.126 e. The number of piperidine rings is 1. The van der Waals surface area contributed by atoms with Gasteiger partial charge in [0.2, 0.25) is 0 Å². The van der Waals surface area contributed by atoms with E-state index >= 15 is 0 Å². The lowest BCUT2D eigenvalue weighted by molar-refractivity contribution is 0.181. The molecule has 1 N–H and O–H groups in total. The maximum Gasteiger partial charge on any atom is 0.126 e. The van der Waals surface area contributed by atoms with Crippen molar-refractivity contribution >= 4 is 0 Å². The summed E-state index contributed by atoms with van der Waals surface area (Å²) in [6.45, 7) is 3.40. The highest BCUT2D eigenvalue weighted by atomic mass is 19.1. The largest absolute Gasteiger partial charge is 0.312 e. The highest BCUT2D eigenvalue weighted by Crippen LogP contribution is 2.27. The van der Waals surface area contributed by atoms with Crippen LogP contribution in [0.15, 0.2) is 24.3 Å². The van der Waals surface area contributed by atoms with Gasteiger partial charge in [-0.15, -0.1) is 0 Å². The lowest BCUT2D eigenvalue weighted by atomic mass is 9.99. The van der Waals surface area contributed by atoms with E-state index in [4.69, 9.17) is 0 Å². The molecular formula is C16H23FN2. The Bertz CT molecular complexity index is 421. The van der Waals surface area contributed by atoms with Crippen molar-refractivity contribution in [3.63, 3.8) is 0 Å². The molecule has 3 heteroatoms. The van der Waals surface area contributed by atoms with Gasteiger partial charge in [-0.2, -0.15) is 0 Å². The van der Waals surface area contributed by atoms with Crippen molar-refractivity contribution in [2.45, 2.75) is 44.2 Å². The lowest BCUT2D eigenvalue weighted by Crippen LogP contribution is -2.45. The number of halogens is 1. The summed E-state index contributed by atoms with van der Waals surface area (Å²) in [5, 5.41) is 3.65. The van der Waals surface area contributed by atoms with Crippen molar-refractivity contribution < 1.29 is 4.39 Å². The number of hydrogen-bond acceptors (Lipinski definition) is 2.